The second kappa shape index (κ2) is 7.42. The third-order valence-corrected chi connectivity index (χ3v) is 3.15. The summed E-state index contributed by atoms with van der Waals surface area (Å²) in [6, 6.07) is 2.15. The largest absolute Gasteiger partial charge is 0.368 e. The Kier molecular flexibility index (Phi) is 6.19. The minimum atomic E-state index is -0.630. The molecule has 2 amide bonds. The van der Waals surface area contributed by atoms with Crippen LogP contribution in [0.1, 0.15) is 18.5 Å². The van der Waals surface area contributed by atoms with E-state index < -0.39 is 17.6 Å². The van der Waals surface area contributed by atoms with E-state index in [9.17, 15) is 14.0 Å². The number of nitrogens with one attached hydrogen (secondary N) is 2. The second-order valence-corrected chi connectivity index (χ2v) is 4.95. The SMILES string of the molecule is C[C@H](NCC(=O)NCC(N)=O)c1cc(F)c(Cl)cc1Cl. The topological polar surface area (TPSA) is 84.2 Å². The highest BCUT2D eigenvalue weighted by molar-refractivity contribution is 6.35. The van der Waals surface area contributed by atoms with Crippen LogP contribution in [0.15, 0.2) is 12.1 Å². The van der Waals surface area contributed by atoms with Crippen LogP contribution in [-0.2, 0) is 9.59 Å². The van der Waals surface area contributed by atoms with E-state index >= 15 is 0 Å². The monoisotopic (exact) mass is 321 g/mol. The first-order chi connectivity index (χ1) is 9.31. The molecule has 0 unspecified atom stereocenters. The van der Waals surface area contributed by atoms with Crippen molar-refractivity contribution in [1.82, 2.24) is 10.6 Å². The lowest BCUT2D eigenvalue weighted by atomic mass is 10.1. The van der Waals surface area contributed by atoms with E-state index in [0.717, 1.165) is 0 Å². The van der Waals surface area contributed by atoms with E-state index in [4.69, 9.17) is 28.9 Å². The Hall–Kier alpha value is -1.37. The number of carbonyl (C=O) groups excluding carboxylic acids is 2. The first-order valence-electron chi connectivity index (χ1n) is 5.74. The minimum Gasteiger partial charge on any atom is -0.368 e. The van der Waals surface area contributed by atoms with Crippen LogP contribution in [-0.4, -0.2) is 24.9 Å². The van der Waals surface area contributed by atoms with Crippen LogP contribution in [0, 0.1) is 5.82 Å². The van der Waals surface area contributed by atoms with Gasteiger partial charge in [-0.15, -0.1) is 0 Å². The van der Waals surface area contributed by atoms with Gasteiger partial charge in [0.25, 0.3) is 0 Å². The van der Waals surface area contributed by atoms with Gasteiger partial charge in [-0.3, -0.25) is 9.59 Å². The van der Waals surface area contributed by atoms with Gasteiger partial charge in [-0.25, -0.2) is 4.39 Å². The van der Waals surface area contributed by atoms with Crippen LogP contribution < -0.4 is 16.4 Å². The van der Waals surface area contributed by atoms with Crippen LogP contribution in [0.3, 0.4) is 0 Å². The number of hydrogen-bond acceptors (Lipinski definition) is 3. The summed E-state index contributed by atoms with van der Waals surface area (Å²) in [6.45, 7) is 1.43. The summed E-state index contributed by atoms with van der Waals surface area (Å²) in [4.78, 5) is 21.9. The van der Waals surface area contributed by atoms with Crippen molar-refractivity contribution in [2.75, 3.05) is 13.1 Å². The standard InChI is InChI=1S/C12H14Cl2FN3O2/c1-6(17-5-12(20)18-4-11(16)19)7-2-10(15)9(14)3-8(7)13/h2-3,6,17H,4-5H2,1H3,(H2,16,19)(H,18,20)/t6-/m0/s1. The fraction of sp³-hybridized carbons (Fsp3) is 0.333. The fourth-order valence-electron chi connectivity index (χ4n) is 1.47. The molecule has 0 radical (unpaired) electrons. The van der Waals surface area contributed by atoms with Crippen molar-refractivity contribution in [2.45, 2.75) is 13.0 Å². The molecule has 4 N–H and O–H groups in total. The van der Waals surface area contributed by atoms with Crippen LogP contribution in [0.25, 0.3) is 0 Å². The summed E-state index contributed by atoms with van der Waals surface area (Å²) in [5.74, 6) is -1.62. The number of benzene rings is 1. The van der Waals surface area contributed by atoms with Crippen molar-refractivity contribution in [3.05, 3.63) is 33.6 Å². The highest BCUT2D eigenvalue weighted by atomic mass is 35.5. The Morgan fingerprint density at radius 3 is 2.55 bits per heavy atom. The summed E-state index contributed by atoms with van der Waals surface area (Å²) in [5, 5.41) is 5.41. The van der Waals surface area contributed by atoms with Gasteiger partial charge in [0.15, 0.2) is 0 Å². The summed E-state index contributed by atoms with van der Waals surface area (Å²) in [7, 11) is 0. The zero-order valence-corrected chi connectivity index (χ0v) is 12.2. The van der Waals surface area contributed by atoms with Crippen LogP contribution in [0.2, 0.25) is 10.0 Å². The molecule has 0 fully saturated rings. The number of primary amides is 1. The fourth-order valence-corrected chi connectivity index (χ4v) is 2.02. The Morgan fingerprint density at radius 1 is 1.30 bits per heavy atom. The van der Waals surface area contributed by atoms with Crippen molar-refractivity contribution in [3.8, 4) is 0 Å². The van der Waals surface area contributed by atoms with E-state index in [1.54, 1.807) is 6.92 Å². The first kappa shape index (κ1) is 16.7. The second-order valence-electron chi connectivity index (χ2n) is 4.13. The average Bonchev–Trinajstić information content (AvgIpc) is 2.37. The van der Waals surface area contributed by atoms with Gasteiger partial charge in [0.05, 0.1) is 18.1 Å². The molecule has 20 heavy (non-hydrogen) atoms. The molecule has 0 aromatic heterocycles. The Bertz CT molecular complexity index is 526. The zero-order valence-electron chi connectivity index (χ0n) is 10.7. The zero-order chi connectivity index (χ0) is 15.3. The third-order valence-electron chi connectivity index (χ3n) is 2.53. The van der Waals surface area contributed by atoms with E-state index in [-0.39, 0.29) is 24.2 Å². The maximum absolute atomic E-state index is 13.4. The van der Waals surface area contributed by atoms with Crippen LogP contribution >= 0.6 is 23.2 Å². The Morgan fingerprint density at radius 2 is 1.95 bits per heavy atom. The summed E-state index contributed by atoms with van der Waals surface area (Å²) in [6.07, 6.45) is 0. The molecule has 0 saturated heterocycles. The smallest absolute Gasteiger partial charge is 0.236 e. The van der Waals surface area contributed by atoms with Gasteiger partial charge in [-0.1, -0.05) is 23.2 Å². The van der Waals surface area contributed by atoms with Crippen LogP contribution in [0.4, 0.5) is 4.39 Å². The molecule has 8 heteroatoms. The Balaban J connectivity index is 2.59. The highest BCUT2D eigenvalue weighted by Gasteiger charge is 2.14. The molecule has 0 saturated carbocycles. The molecule has 1 aromatic carbocycles. The van der Waals surface area contributed by atoms with Gasteiger partial charge in [0.2, 0.25) is 11.8 Å². The molecule has 0 aliphatic heterocycles. The molecule has 0 heterocycles. The van der Waals surface area contributed by atoms with E-state index in [1.807, 2.05) is 0 Å². The van der Waals surface area contributed by atoms with Gasteiger partial charge in [-0.05, 0) is 24.6 Å². The number of halogens is 3. The highest BCUT2D eigenvalue weighted by Crippen LogP contribution is 2.28. The number of carbonyl (C=O) groups is 2. The van der Waals surface area contributed by atoms with Gasteiger partial charge in [-0.2, -0.15) is 0 Å². The molecular weight excluding hydrogens is 308 g/mol. The quantitative estimate of drug-likeness (QED) is 0.692. The predicted octanol–water partition coefficient (Wildman–Crippen LogP) is 1.38. The van der Waals surface area contributed by atoms with Gasteiger partial charge in [0.1, 0.15) is 5.82 Å². The molecule has 1 aromatic rings. The van der Waals surface area contributed by atoms with Crippen molar-refractivity contribution in [1.29, 1.82) is 0 Å². The molecule has 1 atom stereocenters. The first-order valence-corrected chi connectivity index (χ1v) is 6.49. The number of amides is 2. The molecule has 0 spiro atoms. The van der Waals surface area contributed by atoms with Crippen molar-refractivity contribution in [2.24, 2.45) is 5.73 Å². The lowest BCUT2D eigenvalue weighted by Gasteiger charge is -2.16. The van der Waals surface area contributed by atoms with Crippen molar-refractivity contribution < 1.29 is 14.0 Å². The van der Waals surface area contributed by atoms with Gasteiger partial charge < -0.3 is 16.4 Å². The minimum absolute atomic E-state index is 0.0605. The molecule has 1 rings (SSSR count). The molecule has 110 valence electrons. The Labute approximate surface area is 125 Å². The molecule has 0 aliphatic carbocycles. The number of nitrogens with two attached hydrogens (primary N) is 1. The van der Waals surface area contributed by atoms with E-state index in [0.29, 0.717) is 10.6 Å². The summed E-state index contributed by atoms with van der Waals surface area (Å²) in [5.41, 5.74) is 5.38. The predicted molar refractivity (Wildman–Crippen MR) is 75.0 cm³/mol. The van der Waals surface area contributed by atoms with Gasteiger partial charge >= 0.3 is 0 Å². The van der Waals surface area contributed by atoms with Crippen molar-refractivity contribution in [3.63, 3.8) is 0 Å². The van der Waals surface area contributed by atoms with Crippen molar-refractivity contribution >= 4 is 35.0 Å². The summed E-state index contributed by atoms with van der Waals surface area (Å²) < 4.78 is 13.4. The normalized spacial score (nSPS) is 12.0. The van der Waals surface area contributed by atoms with E-state index in [1.165, 1.54) is 12.1 Å². The van der Waals surface area contributed by atoms with Crippen LogP contribution in [0.5, 0.6) is 0 Å². The maximum atomic E-state index is 13.4. The lowest BCUT2D eigenvalue weighted by molar-refractivity contribution is -0.124. The molecular formula is C12H14Cl2FN3O2. The van der Waals surface area contributed by atoms with Gasteiger partial charge in [0, 0.05) is 11.1 Å². The average molecular weight is 322 g/mol. The summed E-state index contributed by atoms with van der Waals surface area (Å²) >= 11 is 11.6. The number of hydrogen-bond donors (Lipinski definition) is 3. The maximum Gasteiger partial charge on any atom is 0.236 e. The lowest BCUT2D eigenvalue weighted by Crippen LogP contribution is -2.39. The number of rotatable bonds is 6. The van der Waals surface area contributed by atoms with E-state index in [2.05, 4.69) is 10.6 Å². The third kappa shape index (κ3) is 4.96. The molecule has 0 aliphatic rings. The molecule has 5 nitrogen and oxygen atoms in total. The molecule has 0 bridgehead atoms.